The molecule has 0 aliphatic rings. The molecule has 0 spiro atoms. The van der Waals surface area contributed by atoms with Crippen LogP contribution in [-0.4, -0.2) is 20.8 Å². The zero-order chi connectivity index (χ0) is 11.2. The molecule has 0 aliphatic carbocycles. The third-order valence-corrected chi connectivity index (χ3v) is 1.88. The van der Waals surface area contributed by atoms with Gasteiger partial charge in [-0.3, -0.25) is 10.2 Å². The van der Waals surface area contributed by atoms with Gasteiger partial charge in [-0.05, 0) is 11.6 Å². The van der Waals surface area contributed by atoms with Gasteiger partial charge in [0.25, 0.3) is 5.91 Å². The highest BCUT2D eigenvalue weighted by Crippen LogP contribution is 2.00. The van der Waals surface area contributed by atoms with Gasteiger partial charge >= 0.3 is 0 Å². The first kappa shape index (κ1) is 10.1. The lowest BCUT2D eigenvalue weighted by atomic mass is 10.2. The molecule has 0 bridgehead atoms. The van der Waals surface area contributed by atoms with Crippen LogP contribution in [0, 0.1) is 0 Å². The predicted octanol–water partition coefficient (Wildman–Crippen LogP) is 1.06. The van der Waals surface area contributed by atoms with Crippen molar-refractivity contribution in [2.24, 2.45) is 0 Å². The molecule has 80 valence electrons. The number of nitrogens with one attached hydrogen (secondary N) is 1. The van der Waals surface area contributed by atoms with Crippen LogP contribution in [0.15, 0.2) is 49.1 Å². The molecule has 0 radical (unpaired) electrons. The summed E-state index contributed by atoms with van der Waals surface area (Å²) in [6.45, 7) is 0. The molecule has 16 heavy (non-hydrogen) atoms. The van der Waals surface area contributed by atoms with Gasteiger partial charge < -0.3 is 0 Å². The summed E-state index contributed by atoms with van der Waals surface area (Å²) < 4.78 is 1.39. The quantitative estimate of drug-likeness (QED) is 0.777. The predicted molar refractivity (Wildman–Crippen MR) is 59.9 cm³/mol. The minimum absolute atomic E-state index is 0.233. The lowest BCUT2D eigenvalue weighted by molar-refractivity contribution is -0.112. The van der Waals surface area contributed by atoms with Crippen LogP contribution in [0.2, 0.25) is 0 Å². The van der Waals surface area contributed by atoms with Gasteiger partial charge in [-0.15, -0.1) is 10.2 Å². The monoisotopic (exact) mass is 214 g/mol. The van der Waals surface area contributed by atoms with Crippen LogP contribution >= 0.6 is 0 Å². The second-order valence-electron chi connectivity index (χ2n) is 3.09. The van der Waals surface area contributed by atoms with Gasteiger partial charge in [0.05, 0.1) is 0 Å². The number of carbonyl (C=O) groups is 1. The number of hydrogen-bond donors (Lipinski definition) is 1. The average molecular weight is 214 g/mol. The molecular weight excluding hydrogens is 204 g/mol. The molecule has 1 N–H and O–H groups in total. The van der Waals surface area contributed by atoms with Gasteiger partial charge in [0.1, 0.15) is 12.7 Å². The molecule has 0 saturated carbocycles. The lowest BCUT2D eigenvalue weighted by Gasteiger charge is -1.99. The highest BCUT2D eigenvalue weighted by atomic mass is 16.2. The smallest absolute Gasteiger partial charge is 0.262 e. The highest BCUT2D eigenvalue weighted by molar-refractivity contribution is 5.97. The van der Waals surface area contributed by atoms with Crippen LogP contribution in [0.4, 0.5) is 0 Å². The number of rotatable bonds is 3. The summed E-state index contributed by atoms with van der Waals surface area (Å²) in [5, 5.41) is 7.14. The molecule has 0 atom stereocenters. The first-order chi connectivity index (χ1) is 7.84. The molecule has 2 aromatic rings. The Morgan fingerprint density at radius 2 is 1.88 bits per heavy atom. The standard InChI is InChI=1S/C11H10N4O/c16-11(14-15-8-12-13-9-15)7-6-10-4-2-1-3-5-10/h1-9H,(H,14,16)/b7-6+. The van der Waals surface area contributed by atoms with E-state index >= 15 is 0 Å². The Morgan fingerprint density at radius 1 is 1.19 bits per heavy atom. The number of amides is 1. The summed E-state index contributed by atoms with van der Waals surface area (Å²) in [6.07, 6.45) is 6.01. The number of nitrogens with zero attached hydrogens (tertiary/aromatic N) is 3. The van der Waals surface area contributed by atoms with Gasteiger partial charge in [-0.2, -0.15) is 0 Å². The molecule has 5 heteroatoms. The fraction of sp³-hybridized carbons (Fsp3) is 0. The van der Waals surface area contributed by atoms with E-state index in [4.69, 9.17) is 0 Å². The molecule has 0 aliphatic heterocycles. The van der Waals surface area contributed by atoms with Gasteiger partial charge in [0.2, 0.25) is 0 Å². The molecule has 1 aromatic carbocycles. The van der Waals surface area contributed by atoms with E-state index in [1.54, 1.807) is 6.08 Å². The van der Waals surface area contributed by atoms with Crippen molar-refractivity contribution in [3.05, 3.63) is 54.6 Å². The molecule has 0 fully saturated rings. The summed E-state index contributed by atoms with van der Waals surface area (Å²) in [5.74, 6) is -0.233. The van der Waals surface area contributed by atoms with E-state index in [1.165, 1.54) is 23.4 Å². The maximum absolute atomic E-state index is 11.4. The molecule has 0 saturated heterocycles. The van der Waals surface area contributed by atoms with E-state index in [9.17, 15) is 4.79 Å². The van der Waals surface area contributed by atoms with Crippen LogP contribution < -0.4 is 5.43 Å². The summed E-state index contributed by atoms with van der Waals surface area (Å²) in [5.41, 5.74) is 3.53. The second kappa shape index (κ2) is 4.88. The maximum atomic E-state index is 11.4. The summed E-state index contributed by atoms with van der Waals surface area (Å²) in [7, 11) is 0. The Kier molecular flexibility index (Phi) is 3.08. The van der Waals surface area contributed by atoms with Crippen molar-refractivity contribution in [2.75, 3.05) is 5.43 Å². The highest BCUT2D eigenvalue weighted by Gasteiger charge is 1.95. The third kappa shape index (κ3) is 2.78. The van der Waals surface area contributed by atoms with Crippen molar-refractivity contribution < 1.29 is 4.79 Å². The van der Waals surface area contributed by atoms with Gasteiger partial charge in [-0.1, -0.05) is 30.3 Å². The van der Waals surface area contributed by atoms with E-state index in [0.717, 1.165) is 5.56 Å². The maximum Gasteiger partial charge on any atom is 0.262 e. The fourth-order valence-electron chi connectivity index (χ4n) is 1.16. The van der Waals surface area contributed by atoms with Crippen molar-refractivity contribution in [3.63, 3.8) is 0 Å². The number of aromatic nitrogens is 3. The van der Waals surface area contributed by atoms with Crippen molar-refractivity contribution in [3.8, 4) is 0 Å². The van der Waals surface area contributed by atoms with Crippen LogP contribution in [0.25, 0.3) is 6.08 Å². The van der Waals surface area contributed by atoms with Crippen molar-refractivity contribution in [2.45, 2.75) is 0 Å². The molecule has 0 unspecified atom stereocenters. The minimum atomic E-state index is -0.233. The van der Waals surface area contributed by atoms with E-state index in [-0.39, 0.29) is 5.91 Å². The van der Waals surface area contributed by atoms with Crippen LogP contribution in [-0.2, 0) is 4.79 Å². The van der Waals surface area contributed by atoms with Gasteiger partial charge in [0.15, 0.2) is 0 Å². The zero-order valence-corrected chi connectivity index (χ0v) is 8.45. The summed E-state index contributed by atoms with van der Waals surface area (Å²) >= 11 is 0. The summed E-state index contributed by atoms with van der Waals surface area (Å²) in [4.78, 5) is 11.4. The Hall–Kier alpha value is -2.43. The Morgan fingerprint density at radius 3 is 2.56 bits per heavy atom. The average Bonchev–Trinajstić information content (AvgIpc) is 2.81. The minimum Gasteiger partial charge on any atom is -0.268 e. The van der Waals surface area contributed by atoms with E-state index < -0.39 is 0 Å². The molecule has 1 heterocycles. The number of carbonyl (C=O) groups excluding carboxylic acids is 1. The van der Waals surface area contributed by atoms with Gasteiger partial charge in [0, 0.05) is 6.08 Å². The molecule has 1 aromatic heterocycles. The SMILES string of the molecule is O=C(/C=C/c1ccccc1)Nn1cnnc1. The fourth-order valence-corrected chi connectivity index (χ4v) is 1.16. The van der Waals surface area contributed by atoms with E-state index in [2.05, 4.69) is 15.6 Å². The van der Waals surface area contributed by atoms with Crippen molar-refractivity contribution in [1.29, 1.82) is 0 Å². The first-order valence-corrected chi connectivity index (χ1v) is 4.73. The topological polar surface area (TPSA) is 59.8 Å². The number of benzene rings is 1. The van der Waals surface area contributed by atoms with Gasteiger partial charge in [-0.25, -0.2) is 4.68 Å². The van der Waals surface area contributed by atoms with E-state index in [0.29, 0.717) is 0 Å². The van der Waals surface area contributed by atoms with Crippen molar-refractivity contribution >= 4 is 12.0 Å². The Balaban J connectivity index is 1.95. The normalized spacial score (nSPS) is 10.5. The summed E-state index contributed by atoms with van der Waals surface area (Å²) in [6, 6.07) is 9.59. The van der Waals surface area contributed by atoms with E-state index in [1.807, 2.05) is 30.3 Å². The first-order valence-electron chi connectivity index (χ1n) is 4.73. The molecule has 5 nitrogen and oxygen atoms in total. The Bertz CT molecular complexity index is 476. The van der Waals surface area contributed by atoms with Crippen LogP contribution in [0.1, 0.15) is 5.56 Å². The molecule has 1 amide bonds. The second-order valence-corrected chi connectivity index (χ2v) is 3.09. The Labute approximate surface area is 92.4 Å². The zero-order valence-electron chi connectivity index (χ0n) is 8.45. The third-order valence-electron chi connectivity index (χ3n) is 1.88. The number of hydrogen-bond acceptors (Lipinski definition) is 3. The van der Waals surface area contributed by atoms with Crippen LogP contribution in [0.3, 0.4) is 0 Å². The van der Waals surface area contributed by atoms with Crippen molar-refractivity contribution in [1.82, 2.24) is 14.9 Å². The lowest BCUT2D eigenvalue weighted by Crippen LogP contribution is -2.18. The molecular formula is C11H10N4O. The molecule has 2 rings (SSSR count). The largest absolute Gasteiger partial charge is 0.268 e. The van der Waals surface area contributed by atoms with Crippen LogP contribution in [0.5, 0.6) is 0 Å².